The maximum absolute atomic E-state index is 12.5. The van der Waals surface area contributed by atoms with E-state index in [4.69, 9.17) is 14.2 Å². The van der Waals surface area contributed by atoms with E-state index >= 15 is 0 Å². The highest BCUT2D eigenvalue weighted by Gasteiger charge is 2.45. The Morgan fingerprint density at radius 3 is 2.75 bits per heavy atom. The van der Waals surface area contributed by atoms with Gasteiger partial charge in [-0.15, -0.1) is 0 Å². The number of carbonyl (C=O) groups excluding carboxylic acids is 1. The van der Waals surface area contributed by atoms with Crippen LogP contribution < -0.4 is 4.74 Å². The van der Waals surface area contributed by atoms with Crippen molar-refractivity contribution in [3.8, 4) is 5.88 Å². The van der Waals surface area contributed by atoms with Gasteiger partial charge >= 0.3 is 6.09 Å². The first kappa shape index (κ1) is 15.7. The van der Waals surface area contributed by atoms with Gasteiger partial charge in [-0.3, -0.25) is 0 Å². The van der Waals surface area contributed by atoms with Crippen molar-refractivity contribution < 1.29 is 19.0 Å². The number of piperidine rings is 1. The van der Waals surface area contributed by atoms with Crippen molar-refractivity contribution in [3.05, 3.63) is 24.4 Å². The van der Waals surface area contributed by atoms with Gasteiger partial charge in [0.25, 0.3) is 0 Å². The third-order valence-electron chi connectivity index (χ3n) is 5.29. The Hall–Kier alpha value is -1.82. The number of hydrogen-bond donors (Lipinski definition) is 0. The van der Waals surface area contributed by atoms with Gasteiger partial charge in [-0.25, -0.2) is 9.78 Å². The van der Waals surface area contributed by atoms with Crippen LogP contribution in [0.1, 0.15) is 32.1 Å². The normalized spacial score (nSPS) is 31.9. The first-order chi connectivity index (χ1) is 11.8. The van der Waals surface area contributed by atoms with Gasteiger partial charge in [0.2, 0.25) is 5.88 Å². The monoisotopic (exact) mass is 332 g/mol. The second-order valence-corrected chi connectivity index (χ2v) is 6.98. The Bertz CT molecular complexity index is 547. The number of rotatable bonds is 4. The Morgan fingerprint density at radius 1 is 1.25 bits per heavy atom. The van der Waals surface area contributed by atoms with Gasteiger partial charge in [0.05, 0.1) is 13.2 Å². The molecule has 1 aromatic rings. The summed E-state index contributed by atoms with van der Waals surface area (Å²) in [6.07, 6.45) is 6.48. The molecule has 3 saturated heterocycles. The molecule has 1 amide bonds. The molecule has 0 saturated carbocycles. The third-order valence-corrected chi connectivity index (χ3v) is 5.29. The van der Waals surface area contributed by atoms with Gasteiger partial charge < -0.3 is 19.1 Å². The van der Waals surface area contributed by atoms with E-state index in [1.807, 2.05) is 23.1 Å². The predicted octanol–water partition coefficient (Wildman–Crippen LogP) is 2.63. The molecule has 3 aliphatic rings. The van der Waals surface area contributed by atoms with Crippen molar-refractivity contribution in [1.82, 2.24) is 9.88 Å². The summed E-state index contributed by atoms with van der Waals surface area (Å²) in [5, 5.41) is 0. The van der Waals surface area contributed by atoms with Crippen molar-refractivity contribution in [2.75, 3.05) is 19.8 Å². The summed E-state index contributed by atoms with van der Waals surface area (Å²) in [4.78, 5) is 18.7. The summed E-state index contributed by atoms with van der Waals surface area (Å²) in [6, 6.07) is 6.14. The zero-order valence-electron chi connectivity index (χ0n) is 13.8. The van der Waals surface area contributed by atoms with Crippen molar-refractivity contribution in [2.24, 2.45) is 5.92 Å². The number of nitrogens with zero attached hydrogens (tertiary/aromatic N) is 2. The molecule has 3 atom stereocenters. The third kappa shape index (κ3) is 3.34. The van der Waals surface area contributed by atoms with Crippen LogP contribution in [0.2, 0.25) is 0 Å². The van der Waals surface area contributed by atoms with Crippen molar-refractivity contribution in [1.29, 1.82) is 0 Å². The molecule has 1 aromatic heterocycles. The smallest absolute Gasteiger partial charge is 0.410 e. The lowest BCUT2D eigenvalue weighted by molar-refractivity contribution is 0.0258. The molecule has 0 radical (unpaired) electrons. The van der Waals surface area contributed by atoms with E-state index in [0.29, 0.717) is 25.0 Å². The lowest BCUT2D eigenvalue weighted by Gasteiger charge is -2.38. The first-order valence-electron chi connectivity index (χ1n) is 8.90. The van der Waals surface area contributed by atoms with Crippen LogP contribution in [0.5, 0.6) is 5.88 Å². The summed E-state index contributed by atoms with van der Waals surface area (Å²) in [5.74, 6) is 1.02. The molecule has 3 fully saturated rings. The van der Waals surface area contributed by atoms with Gasteiger partial charge in [-0.1, -0.05) is 6.07 Å². The molecular weight excluding hydrogens is 308 g/mol. The molecular formula is C18H24N2O4. The van der Waals surface area contributed by atoms with Gasteiger partial charge in [0.15, 0.2) is 0 Å². The van der Waals surface area contributed by atoms with Crippen LogP contribution in [0, 0.1) is 5.92 Å². The SMILES string of the molecule is O=C(OCC1CCOC1)N1C2CCC1CC(Oc1ccccn1)C2. The second-order valence-electron chi connectivity index (χ2n) is 6.98. The van der Waals surface area contributed by atoms with E-state index in [-0.39, 0.29) is 24.3 Å². The van der Waals surface area contributed by atoms with Crippen molar-refractivity contribution >= 4 is 6.09 Å². The molecule has 0 N–H and O–H groups in total. The fourth-order valence-electron chi connectivity index (χ4n) is 4.09. The molecule has 6 heteroatoms. The van der Waals surface area contributed by atoms with Crippen molar-refractivity contribution in [2.45, 2.75) is 50.3 Å². The quantitative estimate of drug-likeness (QED) is 0.848. The van der Waals surface area contributed by atoms with E-state index in [9.17, 15) is 4.79 Å². The molecule has 24 heavy (non-hydrogen) atoms. The number of pyridine rings is 1. The number of hydrogen-bond acceptors (Lipinski definition) is 5. The van der Waals surface area contributed by atoms with Crippen LogP contribution in [0.15, 0.2) is 24.4 Å². The summed E-state index contributed by atoms with van der Waals surface area (Å²) in [5.41, 5.74) is 0. The molecule has 130 valence electrons. The van der Waals surface area contributed by atoms with Crippen LogP contribution in [-0.2, 0) is 9.47 Å². The maximum Gasteiger partial charge on any atom is 0.410 e. The number of carbonyl (C=O) groups is 1. The predicted molar refractivity (Wildman–Crippen MR) is 86.8 cm³/mol. The van der Waals surface area contributed by atoms with Crippen LogP contribution >= 0.6 is 0 Å². The minimum absolute atomic E-state index is 0.129. The molecule has 2 bridgehead atoms. The van der Waals surface area contributed by atoms with Gasteiger partial charge in [-0.05, 0) is 25.3 Å². The van der Waals surface area contributed by atoms with E-state index in [0.717, 1.165) is 38.7 Å². The van der Waals surface area contributed by atoms with E-state index in [2.05, 4.69) is 4.98 Å². The highest BCUT2D eigenvalue weighted by molar-refractivity contribution is 5.69. The summed E-state index contributed by atoms with van der Waals surface area (Å²) < 4.78 is 16.9. The fourth-order valence-corrected chi connectivity index (χ4v) is 4.09. The highest BCUT2D eigenvalue weighted by Crippen LogP contribution is 2.37. The van der Waals surface area contributed by atoms with Gasteiger partial charge in [0.1, 0.15) is 6.10 Å². The Morgan fingerprint density at radius 2 is 2.08 bits per heavy atom. The minimum atomic E-state index is -0.161. The molecule has 3 unspecified atom stereocenters. The highest BCUT2D eigenvalue weighted by atomic mass is 16.6. The number of amides is 1. The second kappa shape index (κ2) is 6.97. The van der Waals surface area contributed by atoms with Gasteiger partial charge in [0, 0.05) is 49.7 Å². The average Bonchev–Trinajstić information content (AvgIpc) is 3.20. The molecule has 3 aliphatic heterocycles. The molecule has 0 aromatic carbocycles. The number of aromatic nitrogens is 1. The van der Waals surface area contributed by atoms with E-state index < -0.39 is 0 Å². The Kier molecular flexibility index (Phi) is 4.56. The van der Waals surface area contributed by atoms with Crippen LogP contribution in [0.3, 0.4) is 0 Å². The van der Waals surface area contributed by atoms with E-state index in [1.54, 1.807) is 6.20 Å². The van der Waals surface area contributed by atoms with E-state index in [1.165, 1.54) is 0 Å². The molecule has 0 spiro atoms. The lowest BCUT2D eigenvalue weighted by Crippen LogP contribution is -2.49. The Balaban J connectivity index is 1.32. The topological polar surface area (TPSA) is 60.9 Å². The maximum atomic E-state index is 12.5. The molecule has 4 rings (SSSR count). The number of ether oxygens (including phenoxy) is 3. The molecule has 4 heterocycles. The molecule has 6 nitrogen and oxygen atoms in total. The minimum Gasteiger partial charge on any atom is -0.474 e. The summed E-state index contributed by atoms with van der Waals surface area (Å²) >= 11 is 0. The van der Waals surface area contributed by atoms with Crippen LogP contribution in [0.25, 0.3) is 0 Å². The molecule has 0 aliphatic carbocycles. The standard InChI is InChI=1S/C18H24N2O4/c21-18(23-12-13-6-8-22-11-13)20-14-4-5-15(20)10-16(9-14)24-17-3-1-2-7-19-17/h1-3,7,13-16H,4-6,8-12H2. The first-order valence-corrected chi connectivity index (χ1v) is 8.90. The van der Waals surface area contributed by atoms with Crippen LogP contribution in [-0.4, -0.2) is 54.0 Å². The Labute approximate surface area is 142 Å². The zero-order valence-corrected chi connectivity index (χ0v) is 13.8. The van der Waals surface area contributed by atoms with Gasteiger partial charge in [-0.2, -0.15) is 0 Å². The summed E-state index contributed by atoms with van der Waals surface area (Å²) in [7, 11) is 0. The van der Waals surface area contributed by atoms with Crippen molar-refractivity contribution in [3.63, 3.8) is 0 Å². The lowest BCUT2D eigenvalue weighted by atomic mass is 10.0. The fraction of sp³-hybridized carbons (Fsp3) is 0.667. The zero-order chi connectivity index (χ0) is 16.4. The van der Waals surface area contributed by atoms with Crippen LogP contribution in [0.4, 0.5) is 4.79 Å². The average molecular weight is 332 g/mol. The largest absolute Gasteiger partial charge is 0.474 e. The number of fused-ring (bicyclic) bond motifs is 2. The summed E-state index contributed by atoms with van der Waals surface area (Å²) in [6.45, 7) is 1.96.